The Kier molecular flexibility index (Phi) is 6.22. The molecular formula is C18H31N3. The summed E-state index contributed by atoms with van der Waals surface area (Å²) in [7, 11) is 4.50. The van der Waals surface area contributed by atoms with E-state index in [2.05, 4.69) is 67.3 Å². The van der Waals surface area contributed by atoms with Crippen molar-refractivity contribution in [3.63, 3.8) is 0 Å². The van der Waals surface area contributed by atoms with Gasteiger partial charge in [-0.25, -0.2) is 0 Å². The van der Waals surface area contributed by atoms with Crippen LogP contribution in [-0.4, -0.2) is 49.1 Å². The Balaban J connectivity index is 1.88. The summed E-state index contributed by atoms with van der Waals surface area (Å²) in [6, 6.07) is 10.3. The highest BCUT2D eigenvalue weighted by Crippen LogP contribution is 2.17. The van der Waals surface area contributed by atoms with E-state index < -0.39 is 0 Å². The third kappa shape index (κ3) is 5.42. The maximum absolute atomic E-state index is 3.49. The molecule has 21 heavy (non-hydrogen) atoms. The highest BCUT2D eigenvalue weighted by Gasteiger charge is 2.20. The Hall–Kier alpha value is -0.900. The molecule has 0 aliphatic carbocycles. The lowest BCUT2D eigenvalue weighted by molar-refractivity contribution is 0.139. The summed E-state index contributed by atoms with van der Waals surface area (Å²) in [5.41, 5.74) is 2.82. The zero-order chi connectivity index (χ0) is 15.2. The molecule has 0 unspecified atom stereocenters. The first-order chi connectivity index (χ1) is 10.0. The molecule has 0 radical (unpaired) electrons. The van der Waals surface area contributed by atoms with E-state index in [1.807, 2.05) is 0 Å². The van der Waals surface area contributed by atoms with Crippen LogP contribution in [0.3, 0.4) is 0 Å². The van der Waals surface area contributed by atoms with Gasteiger partial charge in [-0.2, -0.15) is 0 Å². The van der Waals surface area contributed by atoms with Crippen LogP contribution in [0.2, 0.25) is 0 Å². The van der Waals surface area contributed by atoms with Gasteiger partial charge in [0.1, 0.15) is 0 Å². The predicted molar refractivity (Wildman–Crippen MR) is 90.4 cm³/mol. The molecule has 0 spiro atoms. The minimum absolute atomic E-state index is 0.538. The molecule has 1 saturated heterocycles. The fourth-order valence-electron chi connectivity index (χ4n) is 3.01. The zero-order valence-electron chi connectivity index (χ0n) is 14.1. The van der Waals surface area contributed by atoms with E-state index >= 15 is 0 Å². The molecule has 3 heteroatoms. The molecule has 1 heterocycles. The number of rotatable bonds is 6. The van der Waals surface area contributed by atoms with Crippen molar-refractivity contribution in [1.29, 1.82) is 0 Å². The SMILES string of the molecule is CC(C)NCc1cccc(CN(C)C2CCN(C)CC2)c1. The molecule has 1 aromatic rings. The molecule has 0 amide bonds. The van der Waals surface area contributed by atoms with E-state index in [9.17, 15) is 0 Å². The monoisotopic (exact) mass is 289 g/mol. The maximum Gasteiger partial charge on any atom is 0.0233 e. The molecule has 0 atom stereocenters. The second kappa shape index (κ2) is 7.92. The zero-order valence-corrected chi connectivity index (χ0v) is 14.1. The van der Waals surface area contributed by atoms with Crippen molar-refractivity contribution >= 4 is 0 Å². The van der Waals surface area contributed by atoms with Crippen LogP contribution in [0.1, 0.15) is 37.8 Å². The highest BCUT2D eigenvalue weighted by atomic mass is 15.2. The maximum atomic E-state index is 3.49. The second-order valence-electron chi connectivity index (χ2n) is 6.81. The minimum Gasteiger partial charge on any atom is -0.310 e. The number of benzene rings is 1. The van der Waals surface area contributed by atoms with Gasteiger partial charge < -0.3 is 10.2 Å². The van der Waals surface area contributed by atoms with Crippen LogP contribution >= 0.6 is 0 Å². The Morgan fingerprint density at radius 3 is 2.57 bits per heavy atom. The summed E-state index contributed by atoms with van der Waals surface area (Å²) >= 11 is 0. The van der Waals surface area contributed by atoms with E-state index in [1.54, 1.807) is 0 Å². The third-order valence-corrected chi connectivity index (χ3v) is 4.45. The van der Waals surface area contributed by atoms with Crippen molar-refractivity contribution in [2.45, 2.75) is 51.9 Å². The quantitative estimate of drug-likeness (QED) is 0.869. The smallest absolute Gasteiger partial charge is 0.0233 e. The second-order valence-corrected chi connectivity index (χ2v) is 6.81. The van der Waals surface area contributed by atoms with Gasteiger partial charge in [-0.3, -0.25) is 4.90 Å². The van der Waals surface area contributed by atoms with E-state index in [4.69, 9.17) is 0 Å². The van der Waals surface area contributed by atoms with Gasteiger partial charge in [-0.15, -0.1) is 0 Å². The molecule has 1 N–H and O–H groups in total. The third-order valence-electron chi connectivity index (χ3n) is 4.45. The van der Waals surface area contributed by atoms with Crippen molar-refractivity contribution in [2.75, 3.05) is 27.2 Å². The van der Waals surface area contributed by atoms with E-state index in [-0.39, 0.29) is 0 Å². The van der Waals surface area contributed by atoms with Crippen LogP contribution in [-0.2, 0) is 13.1 Å². The molecule has 1 aliphatic heterocycles. The molecule has 0 saturated carbocycles. The van der Waals surface area contributed by atoms with E-state index in [0.717, 1.165) is 19.1 Å². The fraction of sp³-hybridized carbons (Fsp3) is 0.667. The fourth-order valence-corrected chi connectivity index (χ4v) is 3.01. The number of hydrogen-bond donors (Lipinski definition) is 1. The van der Waals surface area contributed by atoms with Gasteiger partial charge >= 0.3 is 0 Å². The summed E-state index contributed by atoms with van der Waals surface area (Å²) in [6.45, 7) is 8.86. The lowest BCUT2D eigenvalue weighted by Crippen LogP contribution is -2.41. The topological polar surface area (TPSA) is 18.5 Å². The Bertz CT molecular complexity index is 422. The number of likely N-dealkylation sites (tertiary alicyclic amines) is 1. The van der Waals surface area contributed by atoms with Gasteiger partial charge in [0.2, 0.25) is 0 Å². The summed E-state index contributed by atoms with van der Waals surface area (Å²) < 4.78 is 0. The number of nitrogens with zero attached hydrogens (tertiary/aromatic N) is 2. The van der Waals surface area contributed by atoms with Gasteiger partial charge in [-0.1, -0.05) is 38.1 Å². The first-order valence-corrected chi connectivity index (χ1v) is 8.24. The molecule has 1 fully saturated rings. The lowest BCUT2D eigenvalue weighted by atomic mass is 10.0. The average molecular weight is 289 g/mol. The Morgan fingerprint density at radius 2 is 1.90 bits per heavy atom. The Morgan fingerprint density at radius 1 is 1.24 bits per heavy atom. The highest BCUT2D eigenvalue weighted by molar-refractivity contribution is 5.23. The first kappa shape index (κ1) is 16.5. The molecule has 3 nitrogen and oxygen atoms in total. The van der Waals surface area contributed by atoms with Gasteiger partial charge in [0.15, 0.2) is 0 Å². The molecule has 1 aromatic carbocycles. The molecule has 2 rings (SSSR count). The molecule has 0 bridgehead atoms. The molecule has 1 aliphatic rings. The number of hydrogen-bond acceptors (Lipinski definition) is 3. The van der Waals surface area contributed by atoms with Crippen molar-refractivity contribution in [3.05, 3.63) is 35.4 Å². The van der Waals surface area contributed by atoms with Gasteiger partial charge in [0.25, 0.3) is 0 Å². The van der Waals surface area contributed by atoms with Crippen molar-refractivity contribution in [1.82, 2.24) is 15.1 Å². The normalized spacial score (nSPS) is 17.8. The van der Waals surface area contributed by atoms with Crippen LogP contribution in [0.15, 0.2) is 24.3 Å². The van der Waals surface area contributed by atoms with Crippen LogP contribution < -0.4 is 5.32 Å². The molecule has 118 valence electrons. The first-order valence-electron chi connectivity index (χ1n) is 8.24. The number of nitrogens with one attached hydrogen (secondary N) is 1. The number of piperidine rings is 1. The standard InChI is InChI=1S/C18H31N3/c1-15(2)19-13-16-6-5-7-17(12-16)14-21(4)18-8-10-20(3)11-9-18/h5-7,12,15,18-19H,8-11,13-14H2,1-4H3. The van der Waals surface area contributed by atoms with Gasteiger partial charge in [0, 0.05) is 25.2 Å². The molecular weight excluding hydrogens is 258 g/mol. The summed E-state index contributed by atoms with van der Waals surface area (Å²) in [4.78, 5) is 4.96. The summed E-state index contributed by atoms with van der Waals surface area (Å²) in [5.74, 6) is 0. The van der Waals surface area contributed by atoms with Crippen LogP contribution in [0.4, 0.5) is 0 Å². The average Bonchev–Trinajstić information content (AvgIpc) is 2.46. The van der Waals surface area contributed by atoms with Crippen molar-refractivity contribution < 1.29 is 0 Å². The van der Waals surface area contributed by atoms with Crippen LogP contribution in [0.5, 0.6) is 0 Å². The van der Waals surface area contributed by atoms with Crippen molar-refractivity contribution in [3.8, 4) is 0 Å². The Labute approximate surface area is 130 Å². The lowest BCUT2D eigenvalue weighted by Gasteiger charge is -2.35. The van der Waals surface area contributed by atoms with Crippen molar-refractivity contribution in [2.24, 2.45) is 0 Å². The minimum atomic E-state index is 0.538. The predicted octanol–water partition coefficient (Wildman–Crippen LogP) is 2.71. The largest absolute Gasteiger partial charge is 0.310 e. The van der Waals surface area contributed by atoms with Crippen LogP contribution in [0, 0.1) is 0 Å². The summed E-state index contributed by atoms with van der Waals surface area (Å²) in [6.07, 6.45) is 2.59. The van der Waals surface area contributed by atoms with Gasteiger partial charge in [-0.05, 0) is 51.2 Å². The van der Waals surface area contributed by atoms with Crippen LogP contribution in [0.25, 0.3) is 0 Å². The van der Waals surface area contributed by atoms with E-state index in [1.165, 1.54) is 37.1 Å². The van der Waals surface area contributed by atoms with E-state index in [0.29, 0.717) is 6.04 Å². The summed E-state index contributed by atoms with van der Waals surface area (Å²) in [5, 5.41) is 3.49. The van der Waals surface area contributed by atoms with Gasteiger partial charge in [0.05, 0.1) is 0 Å². The molecule has 0 aromatic heterocycles.